The van der Waals surface area contributed by atoms with Crippen molar-refractivity contribution in [1.82, 2.24) is 4.98 Å². The number of oxazole rings is 1. The molecule has 0 spiro atoms. The number of aliphatic carboxylic acids is 1. The van der Waals surface area contributed by atoms with Crippen LogP contribution in [0, 0.1) is 6.92 Å². The highest BCUT2D eigenvalue weighted by Crippen LogP contribution is 2.22. The summed E-state index contributed by atoms with van der Waals surface area (Å²) in [6.07, 6.45) is 1.51. The van der Waals surface area contributed by atoms with Gasteiger partial charge in [0.1, 0.15) is 11.2 Å². The number of aromatic nitrogens is 1. The van der Waals surface area contributed by atoms with E-state index in [1.165, 1.54) is 6.20 Å². The molecule has 0 atom stereocenters. The number of nitrogens with zero attached hydrogens (tertiary/aromatic N) is 1. The van der Waals surface area contributed by atoms with Gasteiger partial charge in [0.05, 0.1) is 6.20 Å². The van der Waals surface area contributed by atoms with Crippen LogP contribution in [0.1, 0.15) is 25.5 Å². The molecule has 12 heavy (non-hydrogen) atoms. The van der Waals surface area contributed by atoms with Crippen LogP contribution in [-0.4, -0.2) is 16.1 Å². The molecule has 0 unspecified atom stereocenters. The van der Waals surface area contributed by atoms with Crippen molar-refractivity contribution in [3.63, 3.8) is 0 Å². The minimum atomic E-state index is -1.05. The van der Waals surface area contributed by atoms with E-state index in [1.807, 2.05) is 0 Å². The van der Waals surface area contributed by atoms with Crippen LogP contribution in [-0.2, 0) is 10.2 Å². The highest BCUT2D eigenvalue weighted by Gasteiger charge is 2.34. The van der Waals surface area contributed by atoms with Crippen molar-refractivity contribution < 1.29 is 14.3 Å². The third kappa shape index (κ3) is 1.32. The van der Waals surface area contributed by atoms with Gasteiger partial charge in [0.2, 0.25) is 5.89 Å². The number of hydrogen-bond acceptors (Lipinski definition) is 3. The molecule has 0 amide bonds. The largest absolute Gasteiger partial charge is 0.480 e. The number of hydrogen-bond donors (Lipinski definition) is 1. The van der Waals surface area contributed by atoms with Gasteiger partial charge in [-0.25, -0.2) is 4.98 Å². The molecule has 1 heterocycles. The summed E-state index contributed by atoms with van der Waals surface area (Å²) in [4.78, 5) is 14.6. The molecule has 4 heteroatoms. The predicted octanol–water partition coefficient (Wildman–Crippen LogP) is 1.35. The van der Waals surface area contributed by atoms with E-state index in [2.05, 4.69) is 4.98 Å². The molecule has 66 valence electrons. The second-order valence-corrected chi connectivity index (χ2v) is 3.21. The average molecular weight is 169 g/mol. The number of carbonyl (C=O) groups is 1. The Hall–Kier alpha value is -1.32. The van der Waals surface area contributed by atoms with Gasteiger partial charge in [0.15, 0.2) is 0 Å². The first-order chi connectivity index (χ1) is 5.44. The lowest BCUT2D eigenvalue weighted by Gasteiger charge is -2.13. The second-order valence-electron chi connectivity index (χ2n) is 3.21. The normalized spacial score (nSPS) is 11.6. The fourth-order valence-corrected chi connectivity index (χ4v) is 0.735. The molecule has 1 aromatic heterocycles. The number of carboxylic acid groups (broad SMARTS) is 1. The van der Waals surface area contributed by atoms with E-state index >= 15 is 0 Å². The maximum absolute atomic E-state index is 10.7. The molecule has 1 aromatic rings. The third-order valence-corrected chi connectivity index (χ3v) is 1.69. The fraction of sp³-hybridized carbons (Fsp3) is 0.500. The quantitative estimate of drug-likeness (QED) is 0.725. The van der Waals surface area contributed by atoms with Crippen molar-refractivity contribution in [3.05, 3.63) is 17.8 Å². The Kier molecular flexibility index (Phi) is 1.92. The van der Waals surface area contributed by atoms with Gasteiger partial charge in [-0.2, -0.15) is 0 Å². The minimum Gasteiger partial charge on any atom is -0.480 e. The van der Waals surface area contributed by atoms with E-state index in [-0.39, 0.29) is 5.89 Å². The minimum absolute atomic E-state index is 0.243. The predicted molar refractivity (Wildman–Crippen MR) is 41.9 cm³/mol. The first-order valence-corrected chi connectivity index (χ1v) is 3.61. The van der Waals surface area contributed by atoms with Crippen LogP contribution < -0.4 is 0 Å². The van der Waals surface area contributed by atoms with E-state index in [9.17, 15) is 4.79 Å². The summed E-state index contributed by atoms with van der Waals surface area (Å²) in [5.41, 5.74) is -1.05. The second kappa shape index (κ2) is 2.62. The van der Waals surface area contributed by atoms with Gasteiger partial charge in [-0.05, 0) is 20.8 Å². The molecule has 0 aromatic carbocycles. The van der Waals surface area contributed by atoms with E-state index in [1.54, 1.807) is 20.8 Å². The molecule has 0 aliphatic carbocycles. The third-order valence-electron chi connectivity index (χ3n) is 1.69. The smallest absolute Gasteiger partial charge is 0.318 e. The van der Waals surface area contributed by atoms with Gasteiger partial charge >= 0.3 is 5.97 Å². The topological polar surface area (TPSA) is 63.3 Å². The zero-order valence-electron chi connectivity index (χ0n) is 7.29. The van der Waals surface area contributed by atoms with Crippen molar-refractivity contribution in [2.24, 2.45) is 0 Å². The van der Waals surface area contributed by atoms with Gasteiger partial charge in [-0.3, -0.25) is 4.79 Å². The van der Waals surface area contributed by atoms with Crippen molar-refractivity contribution in [2.45, 2.75) is 26.2 Å². The van der Waals surface area contributed by atoms with Crippen LogP contribution in [0.5, 0.6) is 0 Å². The monoisotopic (exact) mass is 169 g/mol. The van der Waals surface area contributed by atoms with Crippen LogP contribution >= 0.6 is 0 Å². The maximum atomic E-state index is 10.7. The summed E-state index contributed by atoms with van der Waals surface area (Å²) in [6.45, 7) is 4.84. The zero-order chi connectivity index (χ0) is 9.35. The summed E-state index contributed by atoms with van der Waals surface area (Å²) in [6, 6.07) is 0. The van der Waals surface area contributed by atoms with Gasteiger partial charge in [0.25, 0.3) is 0 Å². The maximum Gasteiger partial charge on any atom is 0.318 e. The Morgan fingerprint density at radius 3 is 2.58 bits per heavy atom. The van der Waals surface area contributed by atoms with Crippen LogP contribution in [0.2, 0.25) is 0 Å². The van der Waals surface area contributed by atoms with Gasteiger partial charge < -0.3 is 9.52 Å². The van der Waals surface area contributed by atoms with E-state index in [0.29, 0.717) is 5.76 Å². The Balaban J connectivity index is 3.05. The molecular formula is C8H11NO3. The summed E-state index contributed by atoms with van der Waals surface area (Å²) in [5.74, 6) is -0.0730. The van der Waals surface area contributed by atoms with E-state index in [4.69, 9.17) is 9.52 Å². The number of carboxylic acids is 1. The van der Waals surface area contributed by atoms with Crippen LogP contribution in [0.4, 0.5) is 0 Å². The van der Waals surface area contributed by atoms with E-state index < -0.39 is 11.4 Å². The number of aryl methyl sites for hydroxylation is 1. The van der Waals surface area contributed by atoms with Crippen molar-refractivity contribution in [2.75, 3.05) is 0 Å². The molecule has 0 saturated heterocycles. The molecule has 0 aliphatic heterocycles. The molecular weight excluding hydrogens is 158 g/mol. The van der Waals surface area contributed by atoms with Crippen molar-refractivity contribution in [3.8, 4) is 0 Å². The van der Waals surface area contributed by atoms with E-state index in [0.717, 1.165) is 0 Å². The lowest BCUT2D eigenvalue weighted by molar-refractivity contribution is -0.143. The fourth-order valence-electron chi connectivity index (χ4n) is 0.735. The SMILES string of the molecule is Cc1cnc(C(C)(C)C(=O)O)o1. The summed E-state index contributed by atoms with van der Waals surface area (Å²) < 4.78 is 5.12. The summed E-state index contributed by atoms with van der Waals surface area (Å²) >= 11 is 0. The van der Waals surface area contributed by atoms with Crippen molar-refractivity contribution >= 4 is 5.97 Å². The molecule has 0 aliphatic rings. The van der Waals surface area contributed by atoms with Gasteiger partial charge in [0, 0.05) is 0 Å². The number of rotatable bonds is 2. The lowest BCUT2D eigenvalue weighted by Crippen LogP contribution is -2.28. The molecule has 0 bridgehead atoms. The Bertz CT molecular complexity index is 301. The highest BCUT2D eigenvalue weighted by atomic mass is 16.4. The van der Waals surface area contributed by atoms with Gasteiger partial charge in [-0.15, -0.1) is 0 Å². The Labute approximate surface area is 70.2 Å². The summed E-state index contributed by atoms with van der Waals surface area (Å²) in [5, 5.41) is 8.80. The molecule has 0 fully saturated rings. The van der Waals surface area contributed by atoms with Crippen LogP contribution in [0.25, 0.3) is 0 Å². The first-order valence-electron chi connectivity index (χ1n) is 3.61. The summed E-state index contributed by atoms with van der Waals surface area (Å²) in [7, 11) is 0. The molecule has 1 rings (SSSR count). The van der Waals surface area contributed by atoms with Crippen LogP contribution in [0.3, 0.4) is 0 Å². The molecule has 0 saturated carbocycles. The zero-order valence-corrected chi connectivity index (χ0v) is 7.29. The first kappa shape index (κ1) is 8.77. The molecule has 0 radical (unpaired) electrons. The lowest BCUT2D eigenvalue weighted by atomic mass is 9.94. The Morgan fingerprint density at radius 1 is 1.67 bits per heavy atom. The van der Waals surface area contributed by atoms with Crippen molar-refractivity contribution in [1.29, 1.82) is 0 Å². The standard InChI is InChI=1S/C8H11NO3/c1-5-4-9-6(12-5)8(2,3)7(10)11/h4H,1-3H3,(H,10,11). The highest BCUT2D eigenvalue weighted by molar-refractivity contribution is 5.78. The Morgan fingerprint density at radius 2 is 2.25 bits per heavy atom. The molecule has 4 nitrogen and oxygen atoms in total. The average Bonchev–Trinajstić information content (AvgIpc) is 2.35. The molecule has 1 N–H and O–H groups in total. The van der Waals surface area contributed by atoms with Gasteiger partial charge in [-0.1, -0.05) is 0 Å². The van der Waals surface area contributed by atoms with Crippen LogP contribution in [0.15, 0.2) is 10.6 Å².